The van der Waals surface area contributed by atoms with E-state index in [4.69, 9.17) is 9.94 Å². The van der Waals surface area contributed by atoms with Crippen LogP contribution in [-0.2, 0) is 4.84 Å². The molecule has 1 N–H and O–H groups in total. The van der Waals surface area contributed by atoms with Gasteiger partial charge in [-0.25, -0.2) is 4.79 Å². The number of carbonyl (C=O) groups is 1. The fraction of sp³-hybridized carbons (Fsp3) is 0.364. The van der Waals surface area contributed by atoms with Crippen molar-refractivity contribution in [3.8, 4) is 0 Å². The van der Waals surface area contributed by atoms with Crippen molar-refractivity contribution in [2.75, 3.05) is 11.7 Å². The van der Waals surface area contributed by atoms with Gasteiger partial charge in [0.1, 0.15) is 0 Å². The largest absolute Gasteiger partial charge is 0.463 e. The van der Waals surface area contributed by atoms with Crippen molar-refractivity contribution in [1.29, 1.82) is 0 Å². The number of anilines is 1. The monoisotopic (exact) mass is 209 g/mol. The van der Waals surface area contributed by atoms with Crippen LogP contribution < -0.4 is 5.06 Å². The summed E-state index contributed by atoms with van der Waals surface area (Å²) in [5.41, 5.74) is 0.529. The molecule has 82 valence electrons. The molecule has 1 rings (SSSR count). The van der Waals surface area contributed by atoms with Gasteiger partial charge in [0.05, 0.1) is 12.3 Å². The molecule has 0 heterocycles. The Labute approximate surface area is 89.0 Å². The summed E-state index contributed by atoms with van der Waals surface area (Å²) in [6, 6.07) is 8.76. The van der Waals surface area contributed by atoms with Crippen molar-refractivity contribution in [2.45, 2.75) is 19.8 Å². The number of rotatable bonds is 5. The van der Waals surface area contributed by atoms with Crippen LogP contribution in [0, 0.1) is 0 Å². The summed E-state index contributed by atoms with van der Waals surface area (Å²) >= 11 is 0. The van der Waals surface area contributed by atoms with E-state index in [1.807, 2.05) is 13.0 Å². The Morgan fingerprint density at radius 3 is 2.60 bits per heavy atom. The lowest BCUT2D eigenvalue weighted by Crippen LogP contribution is -2.29. The molecule has 1 aromatic carbocycles. The predicted octanol–water partition coefficient (Wildman–Crippen LogP) is 2.90. The van der Waals surface area contributed by atoms with Crippen LogP contribution >= 0.6 is 0 Å². The van der Waals surface area contributed by atoms with E-state index >= 15 is 0 Å². The maximum absolute atomic E-state index is 10.9. The summed E-state index contributed by atoms with van der Waals surface area (Å²) in [7, 11) is 0. The standard InChI is InChI=1S/C11H15NO3/c1-2-3-9-15-12(11(13)14)10-7-5-4-6-8-10/h4-8H,2-3,9H2,1H3,(H,13,14). The van der Waals surface area contributed by atoms with Gasteiger partial charge in [-0.3, -0.25) is 4.84 Å². The highest BCUT2D eigenvalue weighted by Crippen LogP contribution is 2.13. The van der Waals surface area contributed by atoms with E-state index in [1.54, 1.807) is 24.3 Å². The predicted molar refractivity (Wildman–Crippen MR) is 57.8 cm³/mol. The van der Waals surface area contributed by atoms with E-state index in [0.29, 0.717) is 12.3 Å². The minimum atomic E-state index is -1.10. The summed E-state index contributed by atoms with van der Waals surface area (Å²) in [6.45, 7) is 2.44. The van der Waals surface area contributed by atoms with Gasteiger partial charge in [-0.15, -0.1) is 0 Å². The Kier molecular flexibility index (Phi) is 4.63. The Morgan fingerprint density at radius 1 is 1.40 bits per heavy atom. The molecule has 0 aliphatic heterocycles. The van der Waals surface area contributed by atoms with Gasteiger partial charge in [0.2, 0.25) is 0 Å². The van der Waals surface area contributed by atoms with Crippen LogP contribution in [-0.4, -0.2) is 17.8 Å². The van der Waals surface area contributed by atoms with Crippen LogP contribution in [0.2, 0.25) is 0 Å². The molecule has 0 aliphatic carbocycles. The molecular formula is C11H15NO3. The summed E-state index contributed by atoms with van der Waals surface area (Å²) < 4.78 is 0. The maximum Gasteiger partial charge on any atom is 0.436 e. The topological polar surface area (TPSA) is 49.8 Å². The summed E-state index contributed by atoms with van der Waals surface area (Å²) in [5.74, 6) is 0. The third-order valence-corrected chi connectivity index (χ3v) is 1.88. The highest BCUT2D eigenvalue weighted by atomic mass is 16.7. The number of hydrogen-bond acceptors (Lipinski definition) is 2. The number of carboxylic acid groups (broad SMARTS) is 1. The summed E-state index contributed by atoms with van der Waals surface area (Å²) in [4.78, 5) is 16.1. The van der Waals surface area contributed by atoms with E-state index in [2.05, 4.69) is 0 Å². The fourth-order valence-electron chi connectivity index (χ4n) is 1.10. The molecule has 4 heteroatoms. The lowest BCUT2D eigenvalue weighted by molar-refractivity contribution is 0.0930. The molecule has 0 spiro atoms. The van der Waals surface area contributed by atoms with Gasteiger partial charge < -0.3 is 5.11 Å². The smallest absolute Gasteiger partial charge is 0.436 e. The lowest BCUT2D eigenvalue weighted by atomic mass is 10.3. The zero-order valence-corrected chi connectivity index (χ0v) is 8.72. The third-order valence-electron chi connectivity index (χ3n) is 1.88. The Morgan fingerprint density at radius 2 is 2.07 bits per heavy atom. The van der Waals surface area contributed by atoms with Crippen molar-refractivity contribution in [1.82, 2.24) is 0 Å². The van der Waals surface area contributed by atoms with Gasteiger partial charge in [-0.2, -0.15) is 5.06 Å². The van der Waals surface area contributed by atoms with E-state index in [0.717, 1.165) is 17.9 Å². The highest BCUT2D eigenvalue weighted by Gasteiger charge is 2.14. The minimum absolute atomic E-state index is 0.414. The van der Waals surface area contributed by atoms with Crippen molar-refractivity contribution in [3.63, 3.8) is 0 Å². The second-order valence-corrected chi connectivity index (χ2v) is 3.10. The number of benzene rings is 1. The fourth-order valence-corrected chi connectivity index (χ4v) is 1.10. The molecule has 0 radical (unpaired) electrons. The number of hydrogen-bond donors (Lipinski definition) is 1. The van der Waals surface area contributed by atoms with Crippen LogP contribution in [0.4, 0.5) is 10.5 Å². The molecular weight excluding hydrogens is 194 g/mol. The SMILES string of the molecule is CCCCON(C(=O)O)c1ccccc1. The maximum atomic E-state index is 10.9. The summed E-state index contributed by atoms with van der Waals surface area (Å²) in [5, 5.41) is 9.83. The first-order valence-electron chi connectivity index (χ1n) is 4.96. The van der Waals surface area contributed by atoms with E-state index in [1.165, 1.54) is 0 Å². The van der Waals surface area contributed by atoms with Gasteiger partial charge in [0.25, 0.3) is 0 Å². The number of amides is 1. The molecule has 0 atom stereocenters. The molecule has 0 saturated heterocycles. The van der Waals surface area contributed by atoms with Gasteiger partial charge >= 0.3 is 6.09 Å². The number of para-hydroxylation sites is 1. The molecule has 0 saturated carbocycles. The van der Waals surface area contributed by atoms with E-state index in [9.17, 15) is 4.79 Å². The molecule has 4 nitrogen and oxygen atoms in total. The molecule has 0 aliphatic rings. The minimum Gasteiger partial charge on any atom is -0.463 e. The number of unbranched alkanes of at least 4 members (excludes halogenated alkanes) is 1. The molecule has 0 aromatic heterocycles. The second-order valence-electron chi connectivity index (χ2n) is 3.10. The van der Waals surface area contributed by atoms with Crippen LogP contribution in [0.3, 0.4) is 0 Å². The Bertz CT molecular complexity index is 300. The Balaban J connectivity index is 2.62. The average Bonchev–Trinajstić information content (AvgIpc) is 2.25. The zero-order chi connectivity index (χ0) is 11.1. The lowest BCUT2D eigenvalue weighted by Gasteiger charge is -2.17. The average molecular weight is 209 g/mol. The van der Waals surface area contributed by atoms with Crippen molar-refractivity contribution in [2.24, 2.45) is 0 Å². The molecule has 1 aromatic rings. The molecule has 1 amide bonds. The molecule has 0 bridgehead atoms. The van der Waals surface area contributed by atoms with Crippen LogP contribution in [0.1, 0.15) is 19.8 Å². The molecule has 0 unspecified atom stereocenters. The zero-order valence-electron chi connectivity index (χ0n) is 8.72. The number of nitrogens with zero attached hydrogens (tertiary/aromatic N) is 1. The first kappa shape index (κ1) is 11.5. The van der Waals surface area contributed by atoms with Crippen molar-refractivity contribution >= 4 is 11.8 Å². The second kappa shape index (κ2) is 6.03. The van der Waals surface area contributed by atoms with Crippen LogP contribution in [0.25, 0.3) is 0 Å². The first-order chi connectivity index (χ1) is 7.25. The van der Waals surface area contributed by atoms with Gasteiger partial charge in [-0.1, -0.05) is 31.5 Å². The van der Waals surface area contributed by atoms with E-state index < -0.39 is 6.09 Å². The molecule has 0 fully saturated rings. The normalized spacial score (nSPS) is 9.93. The van der Waals surface area contributed by atoms with Gasteiger partial charge in [-0.05, 0) is 18.6 Å². The van der Waals surface area contributed by atoms with Crippen LogP contribution in [0.15, 0.2) is 30.3 Å². The highest BCUT2D eigenvalue weighted by molar-refractivity contribution is 5.83. The van der Waals surface area contributed by atoms with E-state index in [-0.39, 0.29) is 0 Å². The Hall–Kier alpha value is -1.55. The van der Waals surface area contributed by atoms with Crippen molar-refractivity contribution < 1.29 is 14.7 Å². The van der Waals surface area contributed by atoms with Gasteiger partial charge in [0.15, 0.2) is 0 Å². The van der Waals surface area contributed by atoms with Gasteiger partial charge in [0, 0.05) is 0 Å². The number of hydroxylamine groups is 1. The van der Waals surface area contributed by atoms with Crippen molar-refractivity contribution in [3.05, 3.63) is 30.3 Å². The third kappa shape index (κ3) is 3.59. The quantitative estimate of drug-likeness (QED) is 0.599. The van der Waals surface area contributed by atoms with Crippen LogP contribution in [0.5, 0.6) is 0 Å². The molecule has 15 heavy (non-hydrogen) atoms. The summed E-state index contributed by atoms with van der Waals surface area (Å²) in [6.07, 6.45) is 0.719. The first-order valence-corrected chi connectivity index (χ1v) is 4.96.